The van der Waals surface area contributed by atoms with E-state index in [-0.39, 0.29) is 28.4 Å². The molecule has 3 rings (SSSR count). The van der Waals surface area contributed by atoms with E-state index in [0.717, 1.165) is 23.9 Å². The normalized spacial score (nSPS) is 11.7. The van der Waals surface area contributed by atoms with E-state index in [0.29, 0.717) is 18.7 Å². The van der Waals surface area contributed by atoms with Crippen molar-refractivity contribution in [2.24, 2.45) is 5.10 Å². The third-order valence-electron chi connectivity index (χ3n) is 5.30. The monoisotopic (exact) mass is 566 g/mol. The second-order valence-electron chi connectivity index (χ2n) is 8.24. The van der Waals surface area contributed by atoms with Gasteiger partial charge in [0.25, 0.3) is 11.8 Å². The highest BCUT2D eigenvalue weighted by molar-refractivity contribution is 6.31. The number of aliphatic hydroxyl groups excluding tert-OH is 1. The van der Waals surface area contributed by atoms with Crippen molar-refractivity contribution in [2.45, 2.75) is 12.7 Å². The first-order chi connectivity index (χ1) is 18.0. The van der Waals surface area contributed by atoms with Crippen molar-refractivity contribution in [2.75, 3.05) is 25.5 Å². The van der Waals surface area contributed by atoms with Crippen molar-refractivity contribution in [1.82, 2.24) is 10.3 Å². The number of alkyl halides is 3. The summed E-state index contributed by atoms with van der Waals surface area (Å²) in [5.41, 5.74) is 2.71. The first-order valence-electron chi connectivity index (χ1n) is 11.2. The number of likely N-dealkylation sites (N-methyl/N-ethyl adjacent to an activating group) is 1. The van der Waals surface area contributed by atoms with Crippen molar-refractivity contribution in [1.29, 1.82) is 0 Å². The fourth-order valence-electron chi connectivity index (χ4n) is 3.40. The van der Waals surface area contributed by atoms with E-state index in [4.69, 9.17) is 28.3 Å². The maximum absolute atomic E-state index is 13.1. The summed E-state index contributed by atoms with van der Waals surface area (Å²) in [6.45, 7) is 1.15. The second kappa shape index (κ2) is 12.9. The fraction of sp³-hybridized carbons (Fsp3) is 0.192. The molecule has 0 spiro atoms. The van der Waals surface area contributed by atoms with Crippen LogP contribution in [0.3, 0.4) is 0 Å². The summed E-state index contributed by atoms with van der Waals surface area (Å²) in [7, 11) is 1.86. The van der Waals surface area contributed by atoms with Crippen LogP contribution in [0.1, 0.15) is 37.4 Å². The van der Waals surface area contributed by atoms with E-state index in [1.807, 2.05) is 11.9 Å². The molecule has 0 unspecified atom stereocenters. The lowest BCUT2D eigenvalue weighted by atomic mass is 10.1. The zero-order chi connectivity index (χ0) is 27.9. The largest absolute Gasteiger partial charge is 0.417 e. The predicted octanol–water partition coefficient (Wildman–Crippen LogP) is 5.45. The average molecular weight is 567 g/mol. The molecule has 12 heteroatoms. The van der Waals surface area contributed by atoms with Crippen LogP contribution in [0, 0.1) is 0 Å². The van der Waals surface area contributed by atoms with Crippen molar-refractivity contribution in [3.05, 3.63) is 98.5 Å². The summed E-state index contributed by atoms with van der Waals surface area (Å²) in [6.07, 6.45) is -3.61. The van der Waals surface area contributed by atoms with E-state index in [1.54, 1.807) is 24.3 Å². The van der Waals surface area contributed by atoms with E-state index in [2.05, 4.69) is 15.8 Å². The molecule has 0 aliphatic carbocycles. The number of amides is 2. The van der Waals surface area contributed by atoms with Gasteiger partial charge in [0, 0.05) is 23.7 Å². The SMILES string of the molecule is CN(CCO)Cc1ccc(C(=O)Nc2ccc(Cl)cc2C(=O)N/N=C\c2ccc(Cl)c(C(F)(F)F)c2)cc1. The Balaban J connectivity index is 1.71. The molecule has 200 valence electrons. The lowest BCUT2D eigenvalue weighted by Crippen LogP contribution is -2.22. The van der Waals surface area contributed by atoms with Gasteiger partial charge in [-0.2, -0.15) is 18.3 Å². The highest BCUT2D eigenvalue weighted by Gasteiger charge is 2.33. The Hall–Kier alpha value is -3.44. The summed E-state index contributed by atoms with van der Waals surface area (Å²) in [4.78, 5) is 27.5. The molecule has 2 amide bonds. The van der Waals surface area contributed by atoms with Crippen LogP contribution < -0.4 is 10.7 Å². The number of halogens is 5. The van der Waals surface area contributed by atoms with Gasteiger partial charge in [-0.05, 0) is 60.6 Å². The Morgan fingerprint density at radius 2 is 1.74 bits per heavy atom. The molecule has 3 aromatic rings. The zero-order valence-corrected chi connectivity index (χ0v) is 21.5. The highest BCUT2D eigenvalue weighted by Crippen LogP contribution is 2.34. The molecule has 3 N–H and O–H groups in total. The first kappa shape index (κ1) is 29.1. The number of rotatable bonds is 9. The lowest BCUT2D eigenvalue weighted by molar-refractivity contribution is -0.137. The molecule has 0 saturated carbocycles. The molecule has 0 aromatic heterocycles. The van der Waals surface area contributed by atoms with Gasteiger partial charge in [-0.15, -0.1) is 0 Å². The van der Waals surface area contributed by atoms with E-state index < -0.39 is 28.6 Å². The summed E-state index contributed by atoms with van der Waals surface area (Å²) >= 11 is 11.6. The number of hydrogen-bond donors (Lipinski definition) is 3. The van der Waals surface area contributed by atoms with E-state index in [1.165, 1.54) is 24.3 Å². The predicted molar refractivity (Wildman–Crippen MR) is 141 cm³/mol. The Morgan fingerprint density at radius 3 is 2.39 bits per heavy atom. The minimum atomic E-state index is -4.64. The Kier molecular flexibility index (Phi) is 9.87. The van der Waals surface area contributed by atoms with Crippen molar-refractivity contribution in [3.63, 3.8) is 0 Å². The van der Waals surface area contributed by atoms with Crippen molar-refractivity contribution in [3.8, 4) is 0 Å². The molecule has 3 aromatic carbocycles. The third-order valence-corrected chi connectivity index (χ3v) is 5.86. The van der Waals surface area contributed by atoms with Crippen LogP contribution in [0.5, 0.6) is 0 Å². The number of anilines is 1. The summed E-state index contributed by atoms with van der Waals surface area (Å²) < 4.78 is 39.2. The molecule has 0 saturated heterocycles. The standard InChI is InChI=1S/C26H23Cl2F3N4O3/c1-35(10-11-36)15-16-2-5-18(6-3-16)24(37)33-23-9-7-19(27)13-20(23)25(38)34-32-14-17-4-8-22(28)21(12-17)26(29,30)31/h2-9,12-14,36H,10-11,15H2,1H3,(H,33,37)(H,34,38)/b32-14-. The van der Waals surface area contributed by atoms with Crippen LogP contribution in [-0.4, -0.2) is 48.2 Å². The quantitative estimate of drug-likeness (QED) is 0.237. The van der Waals surface area contributed by atoms with E-state index in [9.17, 15) is 22.8 Å². The maximum Gasteiger partial charge on any atom is 0.417 e. The van der Waals surface area contributed by atoms with Crippen molar-refractivity contribution < 1.29 is 27.9 Å². The molecular weight excluding hydrogens is 544 g/mol. The Morgan fingerprint density at radius 1 is 1.03 bits per heavy atom. The number of carbonyl (C=O) groups excluding carboxylic acids is 2. The van der Waals surface area contributed by atoms with Gasteiger partial charge in [-0.1, -0.05) is 41.4 Å². The van der Waals surface area contributed by atoms with Crippen LogP contribution >= 0.6 is 23.2 Å². The maximum atomic E-state index is 13.1. The molecule has 0 aliphatic heterocycles. The van der Waals surface area contributed by atoms with E-state index >= 15 is 0 Å². The van der Waals surface area contributed by atoms with Gasteiger partial charge < -0.3 is 10.4 Å². The van der Waals surface area contributed by atoms with Crippen LogP contribution in [0.4, 0.5) is 18.9 Å². The number of hydrogen-bond acceptors (Lipinski definition) is 5. The molecule has 0 aliphatic rings. The molecule has 7 nitrogen and oxygen atoms in total. The number of nitrogens with zero attached hydrogens (tertiary/aromatic N) is 2. The van der Waals surface area contributed by atoms with Gasteiger partial charge in [0.05, 0.1) is 34.7 Å². The van der Waals surface area contributed by atoms with Gasteiger partial charge in [-0.25, -0.2) is 5.43 Å². The van der Waals surface area contributed by atoms with Gasteiger partial charge in [-0.3, -0.25) is 14.5 Å². The summed E-state index contributed by atoms with van der Waals surface area (Å²) in [5, 5.41) is 15.2. The number of carbonyl (C=O) groups is 2. The number of aliphatic hydroxyl groups is 1. The molecule has 38 heavy (non-hydrogen) atoms. The summed E-state index contributed by atoms with van der Waals surface area (Å²) in [6, 6.07) is 14.3. The highest BCUT2D eigenvalue weighted by atomic mass is 35.5. The molecule has 0 atom stereocenters. The third kappa shape index (κ3) is 8.03. The molecular formula is C26H23Cl2F3N4O3. The molecule has 0 bridgehead atoms. The summed E-state index contributed by atoms with van der Waals surface area (Å²) in [5.74, 6) is -1.22. The number of benzene rings is 3. The fourth-order valence-corrected chi connectivity index (χ4v) is 3.79. The lowest BCUT2D eigenvalue weighted by Gasteiger charge is -2.15. The second-order valence-corrected chi connectivity index (χ2v) is 9.08. The van der Waals surface area contributed by atoms with Crippen molar-refractivity contribution >= 4 is 46.9 Å². The van der Waals surface area contributed by atoms with Gasteiger partial charge >= 0.3 is 6.18 Å². The molecule has 0 heterocycles. The van der Waals surface area contributed by atoms with Crippen LogP contribution in [0.25, 0.3) is 0 Å². The number of nitrogens with one attached hydrogen (secondary N) is 2. The van der Waals surface area contributed by atoms with Gasteiger partial charge in [0.1, 0.15) is 0 Å². The van der Waals surface area contributed by atoms with Gasteiger partial charge in [0.2, 0.25) is 0 Å². The average Bonchev–Trinajstić information content (AvgIpc) is 2.86. The van der Waals surface area contributed by atoms with Crippen LogP contribution in [-0.2, 0) is 12.7 Å². The Labute approximate surface area is 226 Å². The minimum Gasteiger partial charge on any atom is -0.395 e. The molecule has 0 fully saturated rings. The zero-order valence-electron chi connectivity index (χ0n) is 20.0. The molecule has 0 radical (unpaired) electrons. The number of hydrazone groups is 1. The minimum absolute atomic E-state index is 0.00247. The van der Waals surface area contributed by atoms with Crippen LogP contribution in [0.2, 0.25) is 10.0 Å². The first-order valence-corrected chi connectivity index (χ1v) is 11.9. The Bertz CT molecular complexity index is 1330. The van der Waals surface area contributed by atoms with Gasteiger partial charge in [0.15, 0.2) is 0 Å². The smallest absolute Gasteiger partial charge is 0.395 e. The van der Waals surface area contributed by atoms with Crippen LogP contribution in [0.15, 0.2) is 65.8 Å². The topological polar surface area (TPSA) is 94.0 Å².